The highest BCUT2D eigenvalue weighted by molar-refractivity contribution is 7.13. The molecule has 8 heteroatoms. The Bertz CT molecular complexity index is 717. The van der Waals surface area contributed by atoms with E-state index in [1.807, 2.05) is 24.3 Å². The lowest BCUT2D eigenvalue weighted by atomic mass is 10.1. The summed E-state index contributed by atoms with van der Waals surface area (Å²) in [5.41, 5.74) is 2.72. The molecule has 0 atom stereocenters. The van der Waals surface area contributed by atoms with E-state index in [9.17, 15) is 4.79 Å². The zero-order chi connectivity index (χ0) is 16.1. The highest BCUT2D eigenvalue weighted by Gasteiger charge is 2.12. The van der Waals surface area contributed by atoms with Crippen LogP contribution in [-0.4, -0.2) is 37.6 Å². The van der Waals surface area contributed by atoms with Gasteiger partial charge >= 0.3 is 0 Å². The summed E-state index contributed by atoms with van der Waals surface area (Å²) in [7, 11) is 1.64. The molecule has 5 nitrogen and oxygen atoms in total. The van der Waals surface area contributed by atoms with Gasteiger partial charge in [-0.3, -0.25) is 4.79 Å². The van der Waals surface area contributed by atoms with Gasteiger partial charge in [0.25, 0.3) is 5.91 Å². The third-order valence-electron chi connectivity index (χ3n) is 3.71. The molecule has 0 fully saturated rings. The van der Waals surface area contributed by atoms with Crippen LogP contribution in [0.4, 0.5) is 0 Å². The summed E-state index contributed by atoms with van der Waals surface area (Å²) in [4.78, 5) is 16.6. The van der Waals surface area contributed by atoms with Gasteiger partial charge < -0.3 is 15.4 Å². The van der Waals surface area contributed by atoms with Gasteiger partial charge in [0.15, 0.2) is 0 Å². The average molecular weight is 402 g/mol. The predicted octanol–water partition coefficient (Wildman–Crippen LogP) is 3.31. The third-order valence-corrected chi connectivity index (χ3v) is 4.60. The Labute approximate surface area is 163 Å². The van der Waals surface area contributed by atoms with Gasteiger partial charge in [-0.1, -0.05) is 11.6 Å². The maximum Gasteiger partial charge on any atom is 0.271 e. The van der Waals surface area contributed by atoms with Crippen molar-refractivity contribution in [3.63, 3.8) is 0 Å². The summed E-state index contributed by atoms with van der Waals surface area (Å²) in [6, 6.07) is 7.67. The molecule has 1 aliphatic rings. The summed E-state index contributed by atoms with van der Waals surface area (Å²) in [5.74, 6) is 0.680. The van der Waals surface area contributed by atoms with Crippen molar-refractivity contribution >= 4 is 42.1 Å². The molecule has 2 heterocycles. The maximum absolute atomic E-state index is 12.2. The van der Waals surface area contributed by atoms with Crippen molar-refractivity contribution in [3.05, 3.63) is 47.0 Å². The molecule has 0 radical (unpaired) electrons. The van der Waals surface area contributed by atoms with E-state index >= 15 is 0 Å². The van der Waals surface area contributed by atoms with Crippen LogP contribution in [0.15, 0.2) is 41.3 Å². The number of nitrogens with zero attached hydrogens (tertiary/aromatic N) is 1. The van der Waals surface area contributed by atoms with Crippen LogP contribution in [0.5, 0.6) is 5.75 Å². The summed E-state index contributed by atoms with van der Waals surface area (Å²) < 4.78 is 5.15. The molecule has 2 aromatic rings. The zero-order valence-corrected chi connectivity index (χ0v) is 16.2. The lowest BCUT2D eigenvalue weighted by Crippen LogP contribution is -2.29. The average Bonchev–Trinajstić information content (AvgIpc) is 3.11. The molecule has 0 unspecified atom stereocenters. The molecule has 1 amide bonds. The largest absolute Gasteiger partial charge is 0.497 e. The Morgan fingerprint density at radius 3 is 2.72 bits per heavy atom. The number of amides is 1. The van der Waals surface area contributed by atoms with Crippen LogP contribution in [0.3, 0.4) is 0 Å². The van der Waals surface area contributed by atoms with Crippen LogP contribution >= 0.6 is 36.2 Å². The van der Waals surface area contributed by atoms with Gasteiger partial charge in [-0.05, 0) is 37.2 Å². The molecule has 25 heavy (non-hydrogen) atoms. The molecule has 2 N–H and O–H groups in total. The Balaban J connectivity index is 0.00000156. The fourth-order valence-electron chi connectivity index (χ4n) is 2.36. The number of rotatable bonds is 5. The van der Waals surface area contributed by atoms with Crippen LogP contribution in [0.2, 0.25) is 0 Å². The number of halogens is 2. The van der Waals surface area contributed by atoms with Crippen LogP contribution in [0, 0.1) is 0 Å². The Hall–Kier alpha value is -1.60. The van der Waals surface area contributed by atoms with E-state index in [4.69, 9.17) is 4.74 Å². The van der Waals surface area contributed by atoms with Gasteiger partial charge in [-0.15, -0.1) is 36.2 Å². The monoisotopic (exact) mass is 401 g/mol. The summed E-state index contributed by atoms with van der Waals surface area (Å²) in [6.07, 6.45) is 3.11. The number of carbonyl (C=O) groups is 1. The molecule has 0 saturated heterocycles. The van der Waals surface area contributed by atoms with E-state index in [0.29, 0.717) is 12.2 Å². The second kappa shape index (κ2) is 10.4. The molecular formula is C17H21Cl2N3O2S. The molecule has 136 valence electrons. The Morgan fingerprint density at radius 2 is 2.08 bits per heavy atom. The van der Waals surface area contributed by atoms with Gasteiger partial charge in [0.2, 0.25) is 0 Å². The Morgan fingerprint density at radius 1 is 1.32 bits per heavy atom. The molecule has 3 rings (SSSR count). The van der Waals surface area contributed by atoms with Gasteiger partial charge in [-0.25, -0.2) is 4.98 Å². The maximum atomic E-state index is 12.2. The highest BCUT2D eigenvalue weighted by Crippen LogP contribution is 2.25. The molecule has 1 aliphatic heterocycles. The number of benzene rings is 1. The van der Waals surface area contributed by atoms with Crippen molar-refractivity contribution in [2.75, 3.05) is 26.7 Å². The first-order chi connectivity index (χ1) is 11.3. The van der Waals surface area contributed by atoms with Gasteiger partial charge in [0.05, 0.1) is 7.11 Å². The van der Waals surface area contributed by atoms with Gasteiger partial charge in [0, 0.05) is 24.0 Å². The van der Waals surface area contributed by atoms with Crippen molar-refractivity contribution in [1.29, 1.82) is 0 Å². The summed E-state index contributed by atoms with van der Waals surface area (Å²) in [5, 5.41) is 8.83. The van der Waals surface area contributed by atoms with Crippen LogP contribution < -0.4 is 15.4 Å². The van der Waals surface area contributed by atoms with Crippen LogP contribution in [0.25, 0.3) is 10.6 Å². The first-order valence-corrected chi connectivity index (χ1v) is 8.41. The standard InChI is InChI=1S/C17H19N3O2S.2ClH/c1-22-14-4-2-13(3-5-14)17-20-15(11-23-17)16(21)19-10-12-6-8-18-9-7-12;;/h2-6,11,18H,7-10H2,1H3,(H,19,21);2*1H. The number of thiazole rings is 1. The van der Waals surface area contributed by atoms with Crippen LogP contribution in [-0.2, 0) is 0 Å². The number of methoxy groups -OCH3 is 1. The minimum atomic E-state index is -0.125. The summed E-state index contributed by atoms with van der Waals surface area (Å²) in [6.45, 7) is 2.44. The Kier molecular flexibility index (Phi) is 8.92. The molecular weight excluding hydrogens is 381 g/mol. The second-order valence-electron chi connectivity index (χ2n) is 5.27. The lowest BCUT2D eigenvalue weighted by molar-refractivity contribution is 0.0952. The zero-order valence-electron chi connectivity index (χ0n) is 13.8. The SMILES string of the molecule is COc1ccc(-c2nc(C(=O)NCC3=CCNCC3)cs2)cc1.Cl.Cl. The van der Waals surface area contributed by atoms with Crippen molar-refractivity contribution in [1.82, 2.24) is 15.6 Å². The van der Waals surface area contributed by atoms with Gasteiger partial charge in [-0.2, -0.15) is 0 Å². The topological polar surface area (TPSA) is 63.2 Å². The molecule has 1 aromatic heterocycles. The van der Waals surface area contributed by atoms with E-state index in [1.54, 1.807) is 12.5 Å². The number of hydrogen-bond acceptors (Lipinski definition) is 5. The summed E-state index contributed by atoms with van der Waals surface area (Å²) >= 11 is 1.47. The van der Waals surface area contributed by atoms with E-state index in [-0.39, 0.29) is 30.7 Å². The van der Waals surface area contributed by atoms with Crippen molar-refractivity contribution in [3.8, 4) is 16.3 Å². The van der Waals surface area contributed by atoms with E-state index in [2.05, 4.69) is 21.7 Å². The van der Waals surface area contributed by atoms with Crippen molar-refractivity contribution in [2.45, 2.75) is 6.42 Å². The molecule has 0 spiro atoms. The first-order valence-electron chi connectivity index (χ1n) is 7.53. The van der Waals surface area contributed by atoms with E-state index in [1.165, 1.54) is 16.9 Å². The van der Waals surface area contributed by atoms with E-state index < -0.39 is 0 Å². The smallest absolute Gasteiger partial charge is 0.271 e. The fourth-order valence-corrected chi connectivity index (χ4v) is 3.16. The lowest BCUT2D eigenvalue weighted by Gasteiger charge is -2.14. The van der Waals surface area contributed by atoms with Crippen molar-refractivity contribution < 1.29 is 9.53 Å². The normalized spacial score (nSPS) is 13.1. The molecule has 0 bridgehead atoms. The molecule has 1 aromatic carbocycles. The first kappa shape index (κ1) is 21.4. The third kappa shape index (κ3) is 5.71. The minimum Gasteiger partial charge on any atom is -0.497 e. The predicted molar refractivity (Wildman–Crippen MR) is 107 cm³/mol. The number of carbonyl (C=O) groups excluding carboxylic acids is 1. The van der Waals surface area contributed by atoms with Crippen LogP contribution in [0.1, 0.15) is 16.9 Å². The second-order valence-corrected chi connectivity index (χ2v) is 6.12. The van der Waals surface area contributed by atoms with Crippen molar-refractivity contribution in [2.24, 2.45) is 0 Å². The number of nitrogens with one attached hydrogen (secondary N) is 2. The number of aromatic nitrogens is 1. The highest BCUT2D eigenvalue weighted by atomic mass is 35.5. The number of ether oxygens (including phenoxy) is 1. The molecule has 0 saturated carbocycles. The molecule has 0 aliphatic carbocycles. The fraction of sp³-hybridized carbons (Fsp3) is 0.294. The van der Waals surface area contributed by atoms with Gasteiger partial charge in [0.1, 0.15) is 16.5 Å². The number of hydrogen-bond donors (Lipinski definition) is 2. The quantitative estimate of drug-likeness (QED) is 0.754. The van der Waals surface area contributed by atoms with E-state index in [0.717, 1.165) is 35.8 Å². The minimum absolute atomic E-state index is 0.